The van der Waals surface area contributed by atoms with Crippen molar-refractivity contribution in [3.63, 3.8) is 0 Å². The van der Waals surface area contributed by atoms with Crippen LogP contribution in [0.4, 0.5) is 0 Å². The molecule has 0 aliphatic heterocycles. The van der Waals surface area contributed by atoms with Crippen LogP contribution in [0.15, 0.2) is 12.7 Å². The third kappa shape index (κ3) is 5.51. The predicted molar refractivity (Wildman–Crippen MR) is 113 cm³/mol. The number of hydrogen-bond acceptors (Lipinski definition) is 9. The summed E-state index contributed by atoms with van der Waals surface area (Å²) >= 11 is 0. The standard InChI is InChI=1S/C17H38N4O6Si2/c1-8-12-18-13-11-17(28(22-2,23-3)24-4,29(25-5,26-6)27-7)10-9-14-21-16-19-15-20-21/h15-16,18H,8-14H2,1-7H3. The fourth-order valence-corrected chi connectivity index (χ4v) is 12.6. The van der Waals surface area contributed by atoms with E-state index in [1.807, 2.05) is 0 Å². The lowest BCUT2D eigenvalue weighted by molar-refractivity contribution is 0.0474. The average molecular weight is 451 g/mol. The molecule has 0 saturated carbocycles. The Morgan fingerprint density at radius 1 is 0.862 bits per heavy atom. The average Bonchev–Trinajstić information content (AvgIpc) is 3.27. The van der Waals surface area contributed by atoms with Crippen LogP contribution in [0.3, 0.4) is 0 Å². The van der Waals surface area contributed by atoms with E-state index in [-0.39, 0.29) is 0 Å². The first-order valence-corrected chi connectivity index (χ1v) is 13.3. The molecule has 1 aromatic heterocycles. The minimum absolute atomic E-state index is 0.657. The van der Waals surface area contributed by atoms with Gasteiger partial charge in [0.05, 0.1) is 0 Å². The Morgan fingerprint density at radius 2 is 1.41 bits per heavy atom. The Hall–Kier alpha value is -0.706. The van der Waals surface area contributed by atoms with E-state index >= 15 is 0 Å². The largest absolute Gasteiger partial charge is 0.511 e. The van der Waals surface area contributed by atoms with Crippen LogP contribution in [-0.2, 0) is 33.1 Å². The van der Waals surface area contributed by atoms with Crippen molar-refractivity contribution in [2.24, 2.45) is 0 Å². The summed E-state index contributed by atoms with van der Waals surface area (Å²) in [5.41, 5.74) is 0. The summed E-state index contributed by atoms with van der Waals surface area (Å²) in [4.78, 5) is 4.01. The Labute approximate surface area is 176 Å². The molecule has 170 valence electrons. The van der Waals surface area contributed by atoms with Crippen LogP contribution in [0.5, 0.6) is 0 Å². The predicted octanol–water partition coefficient (Wildman–Crippen LogP) is 1.48. The highest BCUT2D eigenvalue weighted by Gasteiger charge is 2.74. The number of nitrogens with zero attached hydrogens (tertiary/aromatic N) is 3. The molecule has 0 bridgehead atoms. The topological polar surface area (TPSA) is 98.1 Å². The van der Waals surface area contributed by atoms with Crippen molar-refractivity contribution in [2.45, 2.75) is 43.8 Å². The van der Waals surface area contributed by atoms with Crippen molar-refractivity contribution < 1.29 is 26.6 Å². The Morgan fingerprint density at radius 3 is 1.83 bits per heavy atom. The summed E-state index contributed by atoms with van der Waals surface area (Å²) < 4.78 is 37.0. The van der Waals surface area contributed by atoms with Gasteiger partial charge in [-0.15, -0.1) is 0 Å². The molecule has 1 aromatic rings. The van der Waals surface area contributed by atoms with Gasteiger partial charge >= 0.3 is 17.6 Å². The minimum atomic E-state index is -3.28. The molecule has 0 saturated heterocycles. The molecule has 0 unspecified atom stereocenters. The van der Waals surface area contributed by atoms with Crippen molar-refractivity contribution in [3.8, 4) is 0 Å². The number of aryl methyl sites for hydroxylation is 1. The lowest BCUT2D eigenvalue weighted by Gasteiger charge is -2.49. The van der Waals surface area contributed by atoms with Gasteiger partial charge in [-0.2, -0.15) is 5.10 Å². The molecule has 10 nitrogen and oxygen atoms in total. The van der Waals surface area contributed by atoms with Gasteiger partial charge < -0.3 is 31.9 Å². The molecule has 1 N–H and O–H groups in total. The summed E-state index contributed by atoms with van der Waals surface area (Å²) in [5, 5.41) is 7.66. The fraction of sp³-hybridized carbons (Fsp3) is 0.882. The normalized spacial score (nSPS) is 13.2. The molecule has 1 heterocycles. The molecule has 12 heteroatoms. The van der Waals surface area contributed by atoms with Crippen LogP contribution in [-0.4, -0.2) is 88.1 Å². The number of rotatable bonds is 17. The van der Waals surface area contributed by atoms with Gasteiger partial charge in [0.15, 0.2) is 0 Å². The summed E-state index contributed by atoms with van der Waals surface area (Å²) in [6.45, 7) is 4.47. The first-order chi connectivity index (χ1) is 14.0. The molecule has 0 atom stereocenters. The highest BCUT2D eigenvalue weighted by molar-refractivity contribution is 6.85. The lowest BCUT2D eigenvalue weighted by Crippen LogP contribution is -2.70. The molecule has 29 heavy (non-hydrogen) atoms. The zero-order valence-electron chi connectivity index (χ0n) is 18.9. The van der Waals surface area contributed by atoms with E-state index in [0.29, 0.717) is 19.4 Å². The summed E-state index contributed by atoms with van der Waals surface area (Å²) in [6, 6.07) is 0. The zero-order chi connectivity index (χ0) is 21.8. The third-order valence-electron chi connectivity index (χ3n) is 5.40. The van der Waals surface area contributed by atoms with E-state index in [9.17, 15) is 0 Å². The summed E-state index contributed by atoms with van der Waals surface area (Å²) in [7, 11) is 3.14. The van der Waals surface area contributed by atoms with Gasteiger partial charge in [0, 0.05) is 49.2 Å². The molecule has 1 rings (SSSR count). The smallest absolute Gasteiger partial charge is 0.377 e. The van der Waals surface area contributed by atoms with E-state index in [1.165, 1.54) is 6.33 Å². The van der Waals surface area contributed by atoms with Crippen LogP contribution >= 0.6 is 0 Å². The number of nitrogens with one attached hydrogen (secondary N) is 1. The van der Waals surface area contributed by atoms with Gasteiger partial charge in [-0.25, -0.2) is 4.98 Å². The van der Waals surface area contributed by atoms with Crippen LogP contribution in [0.25, 0.3) is 0 Å². The van der Waals surface area contributed by atoms with Crippen molar-refractivity contribution >= 4 is 17.6 Å². The van der Waals surface area contributed by atoms with Crippen molar-refractivity contribution in [3.05, 3.63) is 12.7 Å². The van der Waals surface area contributed by atoms with Gasteiger partial charge in [-0.3, -0.25) is 4.68 Å². The zero-order valence-corrected chi connectivity index (χ0v) is 20.9. The Bertz CT molecular complexity index is 508. The third-order valence-corrected chi connectivity index (χ3v) is 13.8. The van der Waals surface area contributed by atoms with Crippen molar-refractivity contribution in [1.82, 2.24) is 20.1 Å². The number of aromatic nitrogens is 3. The molecule has 0 fully saturated rings. The molecule has 0 aliphatic rings. The maximum atomic E-state index is 5.98. The lowest BCUT2D eigenvalue weighted by atomic mass is 10.1. The summed E-state index contributed by atoms with van der Waals surface area (Å²) in [5.74, 6) is 0. The molecular weight excluding hydrogens is 412 g/mol. The maximum Gasteiger partial charge on any atom is 0.511 e. The van der Waals surface area contributed by atoms with Crippen LogP contribution in [0, 0.1) is 0 Å². The van der Waals surface area contributed by atoms with Crippen molar-refractivity contribution in [1.29, 1.82) is 0 Å². The van der Waals surface area contributed by atoms with E-state index in [2.05, 4.69) is 22.3 Å². The van der Waals surface area contributed by atoms with Gasteiger partial charge in [0.1, 0.15) is 17.3 Å². The fourth-order valence-electron chi connectivity index (χ4n) is 4.09. The molecule has 0 aromatic carbocycles. The Kier molecular flexibility index (Phi) is 11.7. The minimum Gasteiger partial charge on any atom is -0.377 e. The molecule has 0 aliphatic carbocycles. The summed E-state index contributed by atoms with van der Waals surface area (Å²) in [6.07, 6.45) is 6.36. The van der Waals surface area contributed by atoms with Gasteiger partial charge in [0.25, 0.3) is 0 Å². The Balaban J connectivity index is 3.38. The molecule has 0 spiro atoms. The highest BCUT2D eigenvalue weighted by atomic mass is 28.5. The van der Waals surface area contributed by atoms with Crippen LogP contribution < -0.4 is 5.32 Å². The first kappa shape index (κ1) is 26.3. The van der Waals surface area contributed by atoms with Gasteiger partial charge in [0.2, 0.25) is 0 Å². The van der Waals surface area contributed by atoms with Crippen LogP contribution in [0.2, 0.25) is 4.66 Å². The second-order valence-electron chi connectivity index (χ2n) is 6.68. The maximum absolute atomic E-state index is 5.98. The first-order valence-electron chi connectivity index (χ1n) is 9.84. The van der Waals surface area contributed by atoms with Crippen LogP contribution in [0.1, 0.15) is 32.6 Å². The SMILES string of the molecule is CCCNCCC(CCCn1cncn1)([Si](OC)(OC)OC)[Si](OC)(OC)OC. The highest BCUT2D eigenvalue weighted by Crippen LogP contribution is 2.54. The monoisotopic (exact) mass is 450 g/mol. The second kappa shape index (κ2) is 12.9. The van der Waals surface area contributed by atoms with Gasteiger partial charge in [-0.1, -0.05) is 6.92 Å². The van der Waals surface area contributed by atoms with E-state index in [4.69, 9.17) is 26.6 Å². The second-order valence-corrected chi connectivity index (χ2v) is 13.8. The molecule has 0 amide bonds. The molecular formula is C17H38N4O6Si2. The van der Waals surface area contributed by atoms with Gasteiger partial charge in [-0.05, 0) is 38.8 Å². The quantitative estimate of drug-likeness (QED) is 0.279. The van der Waals surface area contributed by atoms with E-state index in [0.717, 1.165) is 25.9 Å². The van der Waals surface area contributed by atoms with Crippen molar-refractivity contribution in [2.75, 3.05) is 55.7 Å². The number of hydrogen-bond donors (Lipinski definition) is 1. The van der Waals surface area contributed by atoms with E-state index in [1.54, 1.807) is 53.7 Å². The van der Waals surface area contributed by atoms with E-state index < -0.39 is 22.3 Å². The molecule has 0 radical (unpaired) electrons.